The third-order valence-electron chi connectivity index (χ3n) is 2.43. The highest BCUT2D eigenvalue weighted by Gasteiger charge is 2.35. The number of esters is 1. The Morgan fingerprint density at radius 1 is 1.42 bits per heavy atom. The quantitative estimate of drug-likeness (QED) is 0.872. The van der Waals surface area contributed by atoms with Gasteiger partial charge in [-0.1, -0.05) is 23.2 Å². The zero-order valence-corrected chi connectivity index (χ0v) is 11.2. The highest BCUT2D eigenvalue weighted by Crippen LogP contribution is 2.38. The highest BCUT2D eigenvalue weighted by atomic mass is 35.5. The molecule has 0 saturated heterocycles. The van der Waals surface area contributed by atoms with Gasteiger partial charge in [0.05, 0.1) is 22.7 Å². The lowest BCUT2D eigenvalue weighted by Crippen LogP contribution is -2.34. The second-order valence-corrected chi connectivity index (χ2v) is 4.50. The van der Waals surface area contributed by atoms with Crippen molar-refractivity contribution >= 4 is 29.2 Å². The van der Waals surface area contributed by atoms with Crippen molar-refractivity contribution in [2.45, 2.75) is 18.6 Å². The average Bonchev–Trinajstić information content (AvgIpc) is 2.32. The molecule has 0 fully saturated rings. The Balaban J connectivity index is 3.24. The van der Waals surface area contributed by atoms with Gasteiger partial charge in [0.15, 0.2) is 0 Å². The monoisotopic (exact) mass is 315 g/mol. The number of carbonyl (C=O) groups is 1. The van der Waals surface area contributed by atoms with Gasteiger partial charge >= 0.3 is 12.1 Å². The fourth-order valence-electron chi connectivity index (χ4n) is 1.51. The van der Waals surface area contributed by atoms with E-state index in [0.29, 0.717) is 0 Å². The molecule has 1 aromatic rings. The van der Waals surface area contributed by atoms with Crippen molar-refractivity contribution in [2.75, 3.05) is 7.11 Å². The Hall–Kier alpha value is -0.980. The number of benzene rings is 1. The van der Waals surface area contributed by atoms with Gasteiger partial charge in [-0.2, -0.15) is 13.2 Å². The number of halogens is 5. The van der Waals surface area contributed by atoms with Crippen molar-refractivity contribution in [1.29, 1.82) is 0 Å². The number of nitrogens with two attached hydrogens (primary N) is 1. The van der Waals surface area contributed by atoms with Crippen LogP contribution in [0.15, 0.2) is 12.1 Å². The molecule has 1 atom stereocenters. The molecular weight excluding hydrogens is 306 g/mol. The molecule has 19 heavy (non-hydrogen) atoms. The van der Waals surface area contributed by atoms with E-state index in [-0.39, 0.29) is 15.6 Å². The minimum absolute atomic E-state index is 0.0401. The second kappa shape index (κ2) is 5.98. The van der Waals surface area contributed by atoms with Crippen LogP contribution < -0.4 is 5.73 Å². The van der Waals surface area contributed by atoms with E-state index in [1.807, 2.05) is 0 Å². The maximum absolute atomic E-state index is 12.8. The molecule has 0 amide bonds. The SMILES string of the molecule is COC(=O)C(N)Cc1c(C(F)(F)F)ccc(Cl)c1Cl. The Bertz CT molecular complexity index is 492. The van der Waals surface area contributed by atoms with Gasteiger partial charge in [0.1, 0.15) is 6.04 Å². The molecule has 0 heterocycles. The first-order valence-electron chi connectivity index (χ1n) is 5.06. The molecule has 1 aromatic carbocycles. The maximum atomic E-state index is 12.8. The number of alkyl halides is 3. The summed E-state index contributed by atoms with van der Waals surface area (Å²) in [5.74, 6) is -0.829. The lowest BCUT2D eigenvalue weighted by atomic mass is 10.00. The van der Waals surface area contributed by atoms with E-state index in [0.717, 1.165) is 19.2 Å². The number of rotatable bonds is 3. The molecule has 0 aliphatic carbocycles. The van der Waals surface area contributed by atoms with Crippen molar-refractivity contribution in [2.24, 2.45) is 5.73 Å². The Morgan fingerprint density at radius 2 is 2.00 bits per heavy atom. The van der Waals surface area contributed by atoms with E-state index < -0.39 is 30.2 Å². The molecular formula is C11H10Cl2F3NO2. The molecule has 0 aromatic heterocycles. The standard InChI is InChI=1S/C11H10Cl2F3NO2/c1-19-10(18)8(17)4-5-6(11(14,15)16)2-3-7(12)9(5)13/h2-3,8H,4,17H2,1H3. The lowest BCUT2D eigenvalue weighted by molar-refractivity contribution is -0.143. The van der Waals surface area contributed by atoms with E-state index in [4.69, 9.17) is 28.9 Å². The van der Waals surface area contributed by atoms with Crippen LogP contribution in [0.1, 0.15) is 11.1 Å². The van der Waals surface area contributed by atoms with Crippen LogP contribution in [0.25, 0.3) is 0 Å². The molecule has 0 aliphatic heterocycles. The minimum Gasteiger partial charge on any atom is -0.468 e. The van der Waals surface area contributed by atoms with Crippen LogP contribution >= 0.6 is 23.2 Å². The fraction of sp³-hybridized carbons (Fsp3) is 0.364. The van der Waals surface area contributed by atoms with Gasteiger partial charge in [-0.3, -0.25) is 4.79 Å². The minimum atomic E-state index is -4.61. The summed E-state index contributed by atoms with van der Waals surface area (Å²) in [7, 11) is 1.09. The summed E-state index contributed by atoms with van der Waals surface area (Å²) >= 11 is 11.4. The van der Waals surface area contributed by atoms with Gasteiger partial charge in [0.2, 0.25) is 0 Å². The van der Waals surface area contributed by atoms with Crippen LogP contribution in [0, 0.1) is 0 Å². The second-order valence-electron chi connectivity index (χ2n) is 3.72. The molecule has 8 heteroatoms. The van der Waals surface area contributed by atoms with Crippen molar-refractivity contribution in [3.8, 4) is 0 Å². The predicted octanol–water partition coefficient (Wildman–Crippen LogP) is 3.06. The molecule has 0 saturated carbocycles. The van der Waals surface area contributed by atoms with Crippen molar-refractivity contribution in [3.63, 3.8) is 0 Å². The van der Waals surface area contributed by atoms with E-state index >= 15 is 0 Å². The van der Waals surface area contributed by atoms with Crippen LogP contribution in [0.4, 0.5) is 13.2 Å². The molecule has 0 aliphatic rings. The first kappa shape index (κ1) is 16.1. The van der Waals surface area contributed by atoms with Gasteiger partial charge in [-0.25, -0.2) is 0 Å². The first-order valence-corrected chi connectivity index (χ1v) is 5.81. The smallest absolute Gasteiger partial charge is 0.416 e. The Morgan fingerprint density at radius 3 is 2.47 bits per heavy atom. The van der Waals surface area contributed by atoms with Crippen LogP contribution in [0.3, 0.4) is 0 Å². The van der Waals surface area contributed by atoms with Gasteiger partial charge < -0.3 is 10.5 Å². The lowest BCUT2D eigenvalue weighted by Gasteiger charge is -2.17. The summed E-state index contributed by atoms with van der Waals surface area (Å²) in [4.78, 5) is 11.2. The van der Waals surface area contributed by atoms with E-state index in [2.05, 4.69) is 4.74 Å². The zero-order valence-electron chi connectivity index (χ0n) is 9.72. The van der Waals surface area contributed by atoms with Crippen LogP contribution in [-0.2, 0) is 22.1 Å². The van der Waals surface area contributed by atoms with Gasteiger partial charge in [0, 0.05) is 6.42 Å². The van der Waals surface area contributed by atoms with E-state index in [9.17, 15) is 18.0 Å². The number of methoxy groups -OCH3 is 1. The predicted molar refractivity (Wildman–Crippen MR) is 65.2 cm³/mol. The number of hydrogen-bond acceptors (Lipinski definition) is 3. The number of hydrogen-bond donors (Lipinski definition) is 1. The largest absolute Gasteiger partial charge is 0.468 e. The molecule has 0 radical (unpaired) electrons. The number of ether oxygens (including phenoxy) is 1. The fourth-order valence-corrected chi connectivity index (χ4v) is 1.93. The zero-order chi connectivity index (χ0) is 14.8. The highest BCUT2D eigenvalue weighted by molar-refractivity contribution is 6.42. The Labute approximate surface area is 117 Å². The van der Waals surface area contributed by atoms with Crippen LogP contribution in [0.2, 0.25) is 10.0 Å². The third-order valence-corrected chi connectivity index (χ3v) is 3.27. The summed E-state index contributed by atoms with van der Waals surface area (Å²) in [6.45, 7) is 0. The van der Waals surface area contributed by atoms with Crippen molar-refractivity contribution in [1.82, 2.24) is 0 Å². The molecule has 0 bridgehead atoms. The van der Waals surface area contributed by atoms with Crippen molar-refractivity contribution < 1.29 is 22.7 Å². The average molecular weight is 316 g/mol. The molecule has 1 rings (SSSR count). The number of carbonyl (C=O) groups excluding carboxylic acids is 1. The van der Waals surface area contributed by atoms with E-state index in [1.54, 1.807) is 0 Å². The summed E-state index contributed by atoms with van der Waals surface area (Å²) in [5, 5.41) is -0.308. The molecule has 0 spiro atoms. The van der Waals surface area contributed by atoms with Crippen LogP contribution in [0.5, 0.6) is 0 Å². The third kappa shape index (κ3) is 3.75. The topological polar surface area (TPSA) is 52.3 Å². The summed E-state index contributed by atoms with van der Waals surface area (Å²) < 4.78 is 42.9. The maximum Gasteiger partial charge on any atom is 0.416 e. The van der Waals surface area contributed by atoms with Crippen molar-refractivity contribution in [3.05, 3.63) is 33.3 Å². The molecule has 2 N–H and O–H groups in total. The summed E-state index contributed by atoms with van der Waals surface area (Å²) in [5.41, 5.74) is 4.16. The first-order chi connectivity index (χ1) is 8.68. The summed E-state index contributed by atoms with van der Waals surface area (Å²) in [6, 6.07) is 0.593. The van der Waals surface area contributed by atoms with Gasteiger partial charge in [-0.05, 0) is 17.7 Å². The molecule has 3 nitrogen and oxygen atoms in total. The molecule has 106 valence electrons. The van der Waals surface area contributed by atoms with Crippen LogP contribution in [-0.4, -0.2) is 19.1 Å². The van der Waals surface area contributed by atoms with Gasteiger partial charge in [-0.15, -0.1) is 0 Å². The Kier molecular flexibility index (Phi) is 5.06. The van der Waals surface area contributed by atoms with E-state index in [1.165, 1.54) is 0 Å². The normalized spacial score (nSPS) is 13.2. The summed E-state index contributed by atoms with van der Waals surface area (Å²) in [6.07, 6.45) is -5.03. The van der Waals surface area contributed by atoms with Gasteiger partial charge in [0.25, 0.3) is 0 Å². The molecule has 1 unspecified atom stereocenters.